The Bertz CT molecular complexity index is 171. The molecular weight excluding hydrogens is 178 g/mol. The Balaban J connectivity index is 4.23. The van der Waals surface area contributed by atoms with Gasteiger partial charge in [-0.05, 0) is 20.3 Å². The summed E-state index contributed by atoms with van der Waals surface area (Å²) < 4.78 is 5.09. The Morgan fingerprint density at radius 3 is 2.57 bits per heavy atom. The lowest BCUT2D eigenvalue weighted by molar-refractivity contribution is 0.137. The first-order valence-corrected chi connectivity index (χ1v) is 5.22. The Labute approximate surface area is 87.1 Å². The molecule has 0 heterocycles. The van der Waals surface area contributed by atoms with Crippen LogP contribution < -0.4 is 5.73 Å². The fourth-order valence-corrected chi connectivity index (χ4v) is 1.35. The number of guanidine groups is 1. The number of rotatable bonds is 6. The van der Waals surface area contributed by atoms with E-state index in [1.165, 1.54) is 0 Å². The number of hydrogen-bond acceptors (Lipinski definition) is 2. The third-order valence-corrected chi connectivity index (χ3v) is 2.07. The van der Waals surface area contributed by atoms with Crippen LogP contribution in [-0.4, -0.2) is 43.7 Å². The number of nitrogens with zero attached hydrogens (tertiary/aromatic N) is 2. The van der Waals surface area contributed by atoms with Gasteiger partial charge in [-0.2, -0.15) is 0 Å². The number of ether oxygens (including phenoxy) is 1. The molecule has 0 aromatic rings. The monoisotopic (exact) mass is 201 g/mol. The van der Waals surface area contributed by atoms with Crippen LogP contribution in [0.1, 0.15) is 27.2 Å². The molecule has 0 aliphatic carbocycles. The highest BCUT2D eigenvalue weighted by atomic mass is 16.5. The van der Waals surface area contributed by atoms with Crippen molar-refractivity contribution in [1.29, 1.82) is 0 Å². The first-order valence-electron chi connectivity index (χ1n) is 5.22. The molecule has 0 rings (SSSR count). The van der Waals surface area contributed by atoms with Gasteiger partial charge in [-0.25, -0.2) is 0 Å². The van der Waals surface area contributed by atoms with Crippen molar-refractivity contribution >= 4 is 5.96 Å². The van der Waals surface area contributed by atoms with Crippen LogP contribution in [0.15, 0.2) is 4.99 Å². The van der Waals surface area contributed by atoms with Gasteiger partial charge in [-0.3, -0.25) is 4.99 Å². The number of aliphatic imine (C=N–C) groups is 1. The molecule has 0 bridgehead atoms. The normalized spacial score (nSPS) is 14.1. The van der Waals surface area contributed by atoms with E-state index < -0.39 is 0 Å². The predicted molar refractivity (Wildman–Crippen MR) is 60.5 cm³/mol. The zero-order chi connectivity index (χ0) is 11.0. The Morgan fingerprint density at radius 1 is 1.50 bits per heavy atom. The second-order valence-electron chi connectivity index (χ2n) is 3.33. The molecule has 0 amide bonds. The highest BCUT2D eigenvalue weighted by Gasteiger charge is 2.13. The molecule has 0 saturated heterocycles. The summed E-state index contributed by atoms with van der Waals surface area (Å²) in [5.41, 5.74) is 5.87. The molecule has 84 valence electrons. The van der Waals surface area contributed by atoms with Crippen LogP contribution >= 0.6 is 0 Å². The van der Waals surface area contributed by atoms with Crippen LogP contribution in [-0.2, 0) is 4.74 Å². The van der Waals surface area contributed by atoms with Gasteiger partial charge < -0.3 is 15.4 Å². The summed E-state index contributed by atoms with van der Waals surface area (Å²) in [6.07, 6.45) is 1.02. The fraction of sp³-hybridized carbons (Fsp3) is 0.900. The molecule has 1 atom stereocenters. The number of likely N-dealkylation sites (N-methyl/N-ethyl adjacent to an activating group) is 1. The lowest BCUT2D eigenvalue weighted by Gasteiger charge is -2.28. The van der Waals surface area contributed by atoms with Crippen LogP contribution in [0.25, 0.3) is 0 Å². The summed E-state index contributed by atoms with van der Waals surface area (Å²) in [5.74, 6) is 0.624. The second kappa shape index (κ2) is 7.62. The van der Waals surface area contributed by atoms with Gasteiger partial charge in [0.1, 0.15) is 0 Å². The van der Waals surface area contributed by atoms with Crippen LogP contribution in [0.3, 0.4) is 0 Å². The maximum Gasteiger partial charge on any atom is 0.191 e. The molecular formula is C10H23N3O. The first kappa shape index (κ1) is 13.2. The number of nitrogens with two attached hydrogens (primary N) is 1. The van der Waals surface area contributed by atoms with Gasteiger partial charge in [0.05, 0.1) is 12.6 Å². The highest BCUT2D eigenvalue weighted by Crippen LogP contribution is 1.99. The molecule has 0 spiro atoms. The smallest absolute Gasteiger partial charge is 0.191 e. The lowest BCUT2D eigenvalue weighted by Crippen LogP contribution is -2.45. The maximum absolute atomic E-state index is 5.87. The molecule has 0 saturated carbocycles. The van der Waals surface area contributed by atoms with E-state index in [1.807, 2.05) is 0 Å². The molecule has 2 N–H and O–H groups in total. The van der Waals surface area contributed by atoms with E-state index in [1.54, 1.807) is 7.11 Å². The van der Waals surface area contributed by atoms with Gasteiger partial charge in [0.15, 0.2) is 5.96 Å². The molecule has 0 aromatic carbocycles. The number of hydrogen-bond donors (Lipinski definition) is 1. The minimum atomic E-state index is 0.283. The average molecular weight is 201 g/mol. The highest BCUT2D eigenvalue weighted by molar-refractivity contribution is 5.78. The molecule has 0 fully saturated rings. The summed E-state index contributed by atoms with van der Waals surface area (Å²) in [7, 11) is 1.70. The van der Waals surface area contributed by atoms with Gasteiger partial charge in [0.2, 0.25) is 0 Å². The van der Waals surface area contributed by atoms with E-state index in [9.17, 15) is 0 Å². The van der Waals surface area contributed by atoms with Crippen molar-refractivity contribution in [3.63, 3.8) is 0 Å². The third kappa shape index (κ3) is 4.46. The molecule has 4 heteroatoms. The second-order valence-corrected chi connectivity index (χ2v) is 3.33. The first-order chi connectivity index (χ1) is 6.67. The largest absolute Gasteiger partial charge is 0.383 e. The van der Waals surface area contributed by atoms with Gasteiger partial charge in [-0.1, -0.05) is 6.92 Å². The van der Waals surface area contributed by atoms with Crippen LogP contribution in [0.2, 0.25) is 0 Å². The Hall–Kier alpha value is -0.770. The summed E-state index contributed by atoms with van der Waals surface area (Å²) in [4.78, 5) is 6.34. The van der Waals surface area contributed by atoms with Crippen molar-refractivity contribution in [2.45, 2.75) is 33.2 Å². The third-order valence-electron chi connectivity index (χ3n) is 2.07. The Morgan fingerprint density at radius 2 is 2.14 bits per heavy atom. The van der Waals surface area contributed by atoms with E-state index in [4.69, 9.17) is 10.5 Å². The SMILES string of the molecule is CCCN=C(N)N(CC)C(C)COC. The zero-order valence-corrected chi connectivity index (χ0v) is 9.79. The summed E-state index contributed by atoms with van der Waals surface area (Å²) in [5, 5.41) is 0. The minimum absolute atomic E-state index is 0.283. The predicted octanol–water partition coefficient (Wildman–Crippen LogP) is 1.07. The Kier molecular flexibility index (Phi) is 7.20. The summed E-state index contributed by atoms with van der Waals surface area (Å²) >= 11 is 0. The van der Waals surface area contributed by atoms with E-state index in [-0.39, 0.29) is 6.04 Å². The average Bonchev–Trinajstić information content (AvgIpc) is 2.16. The quantitative estimate of drug-likeness (QED) is 0.516. The van der Waals surface area contributed by atoms with Crippen molar-refractivity contribution in [3.8, 4) is 0 Å². The molecule has 0 aromatic heterocycles. The maximum atomic E-state index is 5.87. The van der Waals surface area contributed by atoms with E-state index >= 15 is 0 Å². The van der Waals surface area contributed by atoms with E-state index in [2.05, 4.69) is 30.7 Å². The lowest BCUT2D eigenvalue weighted by atomic mass is 10.3. The fourth-order valence-electron chi connectivity index (χ4n) is 1.35. The molecule has 0 aliphatic heterocycles. The molecule has 14 heavy (non-hydrogen) atoms. The molecule has 0 aliphatic rings. The van der Waals surface area contributed by atoms with Gasteiger partial charge in [0, 0.05) is 20.2 Å². The van der Waals surface area contributed by atoms with Crippen LogP contribution in [0.4, 0.5) is 0 Å². The summed E-state index contributed by atoms with van der Waals surface area (Å²) in [6, 6.07) is 0.283. The van der Waals surface area contributed by atoms with Gasteiger partial charge in [0.25, 0.3) is 0 Å². The van der Waals surface area contributed by atoms with Gasteiger partial charge in [-0.15, -0.1) is 0 Å². The van der Waals surface area contributed by atoms with E-state index in [0.717, 1.165) is 19.5 Å². The summed E-state index contributed by atoms with van der Waals surface area (Å²) in [6.45, 7) is 8.58. The number of methoxy groups -OCH3 is 1. The van der Waals surface area contributed by atoms with Crippen molar-refractivity contribution in [1.82, 2.24) is 4.90 Å². The van der Waals surface area contributed by atoms with E-state index in [0.29, 0.717) is 12.6 Å². The van der Waals surface area contributed by atoms with Crippen LogP contribution in [0.5, 0.6) is 0 Å². The van der Waals surface area contributed by atoms with Crippen molar-refractivity contribution < 1.29 is 4.74 Å². The topological polar surface area (TPSA) is 50.8 Å². The van der Waals surface area contributed by atoms with Crippen molar-refractivity contribution in [2.24, 2.45) is 10.7 Å². The molecule has 4 nitrogen and oxygen atoms in total. The van der Waals surface area contributed by atoms with Crippen molar-refractivity contribution in [2.75, 3.05) is 26.8 Å². The standard InChI is InChI=1S/C10H23N3O/c1-5-7-12-10(11)13(6-2)9(3)8-14-4/h9H,5-8H2,1-4H3,(H2,11,12). The zero-order valence-electron chi connectivity index (χ0n) is 9.79. The van der Waals surface area contributed by atoms with Crippen molar-refractivity contribution in [3.05, 3.63) is 0 Å². The van der Waals surface area contributed by atoms with Crippen LogP contribution in [0, 0.1) is 0 Å². The molecule has 0 radical (unpaired) electrons. The minimum Gasteiger partial charge on any atom is -0.383 e. The van der Waals surface area contributed by atoms with Gasteiger partial charge >= 0.3 is 0 Å². The molecule has 1 unspecified atom stereocenters.